The number of nitrogens with two attached hydrogens (primary N) is 1. The molecule has 0 heterocycles. The summed E-state index contributed by atoms with van der Waals surface area (Å²) in [6.45, 7) is 1.39. The molecule has 0 saturated heterocycles. The molecule has 0 radical (unpaired) electrons. The normalized spacial score (nSPS) is 22.2. The highest BCUT2D eigenvalue weighted by Crippen LogP contribution is 2.55. The van der Waals surface area contributed by atoms with Gasteiger partial charge >= 0.3 is 7.60 Å². The third-order valence-corrected chi connectivity index (χ3v) is 6.52. The van der Waals surface area contributed by atoms with Gasteiger partial charge in [0.25, 0.3) is 0 Å². The third kappa shape index (κ3) is 3.08. The minimum Gasteiger partial charge on any atom is -0.321 e. The number of fused-ring (bicyclic) bond motifs is 1. The van der Waals surface area contributed by atoms with E-state index >= 15 is 0 Å². The molecule has 6 heteroatoms. The first-order valence-electron chi connectivity index (χ1n) is 7.13. The van der Waals surface area contributed by atoms with E-state index in [2.05, 4.69) is 0 Å². The van der Waals surface area contributed by atoms with Crippen molar-refractivity contribution in [3.63, 3.8) is 0 Å². The molecule has 0 aliphatic heterocycles. The van der Waals surface area contributed by atoms with Gasteiger partial charge in [0.05, 0.1) is 0 Å². The van der Waals surface area contributed by atoms with Crippen LogP contribution in [0.5, 0.6) is 0 Å². The summed E-state index contributed by atoms with van der Waals surface area (Å²) in [5, 5.41) is 0. The fourth-order valence-electron chi connectivity index (χ4n) is 2.95. The van der Waals surface area contributed by atoms with E-state index in [4.69, 9.17) is 14.8 Å². The molecule has 1 aromatic rings. The van der Waals surface area contributed by atoms with Gasteiger partial charge in [0, 0.05) is 19.8 Å². The lowest BCUT2D eigenvalue weighted by molar-refractivity contribution is -0.117. The summed E-state index contributed by atoms with van der Waals surface area (Å²) in [6.07, 6.45) is 4.77. The predicted molar refractivity (Wildman–Crippen MR) is 86.7 cm³/mol. The summed E-state index contributed by atoms with van der Waals surface area (Å²) in [4.78, 5) is 12.0. The van der Waals surface area contributed by atoms with Gasteiger partial charge in [-0.05, 0) is 30.9 Å². The number of ketones is 1. The lowest BCUT2D eigenvalue weighted by Gasteiger charge is -2.36. The Hall–Kier alpha value is -1.26. The second-order valence-electron chi connectivity index (χ2n) is 5.59. The molecule has 0 amide bonds. The Balaban J connectivity index is 2.41. The Kier molecular flexibility index (Phi) is 5.03. The quantitative estimate of drug-likeness (QED) is 0.814. The highest BCUT2D eigenvalue weighted by Gasteiger charge is 2.44. The van der Waals surface area contributed by atoms with Crippen LogP contribution in [0, 0.1) is 0 Å². The number of Topliss-reactive ketones (excluding diaryl/α,β-unsaturated/α-hetero) is 1. The van der Waals surface area contributed by atoms with Gasteiger partial charge < -0.3 is 14.8 Å². The van der Waals surface area contributed by atoms with Crippen LogP contribution in [0.15, 0.2) is 30.3 Å². The number of carbonyl (C=O) groups excluding carboxylic acids is 1. The summed E-state index contributed by atoms with van der Waals surface area (Å²) >= 11 is 0. The van der Waals surface area contributed by atoms with Crippen molar-refractivity contribution in [2.24, 2.45) is 5.73 Å². The zero-order valence-electron chi connectivity index (χ0n) is 13.1. The Bertz CT molecular complexity index is 635. The smallest absolute Gasteiger partial charge is 0.321 e. The molecule has 1 aromatic carbocycles. The average Bonchev–Trinajstić information content (AvgIpc) is 2.52. The molecule has 0 fully saturated rings. The predicted octanol–water partition coefficient (Wildman–Crippen LogP) is 3.09. The Morgan fingerprint density at radius 1 is 1.36 bits per heavy atom. The van der Waals surface area contributed by atoms with Crippen LogP contribution in [0.4, 0.5) is 0 Å². The van der Waals surface area contributed by atoms with Gasteiger partial charge in [-0.15, -0.1) is 0 Å². The van der Waals surface area contributed by atoms with Crippen molar-refractivity contribution in [1.82, 2.24) is 0 Å². The summed E-state index contributed by atoms with van der Waals surface area (Å²) < 4.78 is 22.7. The topological polar surface area (TPSA) is 78.6 Å². The number of carbonyl (C=O) groups is 1. The minimum atomic E-state index is -3.52. The number of hydrogen-bond donors (Lipinski definition) is 1. The second kappa shape index (κ2) is 6.47. The molecular formula is C16H22NO4P. The summed E-state index contributed by atoms with van der Waals surface area (Å²) in [5.74, 6) is -0.246. The van der Waals surface area contributed by atoms with E-state index in [-0.39, 0.29) is 12.2 Å². The SMILES string of the molecule is COP(=O)(OC)C(CC1(N)CC=Cc2ccccc21)C(C)=O. The third-order valence-electron chi connectivity index (χ3n) is 4.19. The molecular weight excluding hydrogens is 301 g/mol. The summed E-state index contributed by atoms with van der Waals surface area (Å²) in [7, 11) is -0.943. The number of hydrogen-bond acceptors (Lipinski definition) is 5. The van der Waals surface area contributed by atoms with Crippen molar-refractivity contribution in [2.75, 3.05) is 14.2 Å². The van der Waals surface area contributed by atoms with E-state index in [1.807, 2.05) is 36.4 Å². The maximum atomic E-state index is 12.7. The Morgan fingerprint density at radius 2 is 2.00 bits per heavy atom. The fraction of sp³-hybridized carbons (Fsp3) is 0.438. The zero-order chi connectivity index (χ0) is 16.4. The van der Waals surface area contributed by atoms with Crippen LogP contribution in [0.2, 0.25) is 0 Å². The molecule has 0 bridgehead atoms. The Morgan fingerprint density at radius 3 is 2.59 bits per heavy atom. The van der Waals surface area contributed by atoms with Crippen LogP contribution in [0.3, 0.4) is 0 Å². The summed E-state index contributed by atoms with van der Waals surface area (Å²) in [6, 6.07) is 7.77. The van der Waals surface area contributed by atoms with Crippen molar-refractivity contribution in [1.29, 1.82) is 0 Å². The first-order valence-corrected chi connectivity index (χ1v) is 8.74. The minimum absolute atomic E-state index is 0.211. The average molecular weight is 323 g/mol. The van der Waals surface area contributed by atoms with Crippen LogP contribution in [0.25, 0.3) is 6.08 Å². The standard InChI is InChI=1S/C16H22NO4P/c1-12(18)15(22(19,20-2)21-3)11-16(17)10-6-8-13-7-4-5-9-14(13)16/h4-9,15H,10-11,17H2,1-3H3. The second-order valence-corrected chi connectivity index (χ2v) is 8.02. The molecule has 1 aliphatic rings. The molecule has 120 valence electrons. The van der Waals surface area contributed by atoms with Gasteiger partial charge in [0.2, 0.25) is 0 Å². The first kappa shape index (κ1) is 17.1. The molecule has 0 aromatic heterocycles. The van der Waals surface area contributed by atoms with Gasteiger partial charge in [-0.1, -0.05) is 36.4 Å². The molecule has 0 saturated carbocycles. The highest BCUT2D eigenvalue weighted by molar-refractivity contribution is 7.55. The van der Waals surface area contributed by atoms with Gasteiger partial charge in [-0.25, -0.2) is 0 Å². The van der Waals surface area contributed by atoms with Gasteiger partial charge in [0.15, 0.2) is 0 Å². The zero-order valence-corrected chi connectivity index (χ0v) is 14.0. The Labute approximate surface area is 131 Å². The maximum Gasteiger partial charge on any atom is 0.340 e. The van der Waals surface area contributed by atoms with Crippen LogP contribution in [-0.2, 0) is 23.9 Å². The van der Waals surface area contributed by atoms with Crippen LogP contribution in [0.1, 0.15) is 30.9 Å². The number of rotatable bonds is 6. The molecule has 5 nitrogen and oxygen atoms in total. The maximum absolute atomic E-state index is 12.7. The van der Waals surface area contributed by atoms with E-state index in [1.54, 1.807) is 0 Å². The first-order chi connectivity index (χ1) is 10.4. The van der Waals surface area contributed by atoms with E-state index in [1.165, 1.54) is 21.1 Å². The van der Waals surface area contributed by atoms with Crippen molar-refractivity contribution in [3.8, 4) is 0 Å². The summed E-state index contributed by atoms with van der Waals surface area (Å²) in [5.41, 5.74) is 6.89. The molecule has 1 aliphatic carbocycles. The van der Waals surface area contributed by atoms with Crippen LogP contribution >= 0.6 is 7.60 Å². The van der Waals surface area contributed by atoms with Gasteiger partial charge in [-0.3, -0.25) is 9.36 Å². The highest BCUT2D eigenvalue weighted by atomic mass is 31.2. The lowest BCUT2D eigenvalue weighted by atomic mass is 9.77. The van der Waals surface area contributed by atoms with E-state index in [0.29, 0.717) is 6.42 Å². The van der Waals surface area contributed by atoms with E-state index < -0.39 is 18.8 Å². The van der Waals surface area contributed by atoms with E-state index in [0.717, 1.165) is 11.1 Å². The van der Waals surface area contributed by atoms with Gasteiger partial charge in [0.1, 0.15) is 11.4 Å². The monoisotopic (exact) mass is 323 g/mol. The van der Waals surface area contributed by atoms with Crippen LogP contribution in [-0.4, -0.2) is 25.7 Å². The largest absolute Gasteiger partial charge is 0.340 e. The molecule has 2 N–H and O–H groups in total. The van der Waals surface area contributed by atoms with Crippen molar-refractivity contribution < 1.29 is 18.4 Å². The van der Waals surface area contributed by atoms with Gasteiger partial charge in [-0.2, -0.15) is 0 Å². The molecule has 0 spiro atoms. The van der Waals surface area contributed by atoms with Crippen molar-refractivity contribution >= 4 is 19.5 Å². The van der Waals surface area contributed by atoms with Crippen LogP contribution < -0.4 is 5.73 Å². The molecule has 22 heavy (non-hydrogen) atoms. The molecule has 2 atom stereocenters. The fourth-order valence-corrected chi connectivity index (χ4v) is 4.60. The van der Waals surface area contributed by atoms with Crippen molar-refractivity contribution in [3.05, 3.63) is 41.5 Å². The molecule has 2 unspecified atom stereocenters. The van der Waals surface area contributed by atoms with Crippen molar-refractivity contribution in [2.45, 2.75) is 31.0 Å². The van der Waals surface area contributed by atoms with E-state index in [9.17, 15) is 9.36 Å². The number of benzene rings is 1. The molecule has 2 rings (SSSR count). The lowest BCUT2D eigenvalue weighted by Crippen LogP contribution is -2.43.